The SMILES string of the molecule is Cc1cc(F)cc(C(=O)Nc2ccc(N)cc2F)c1. The zero-order valence-corrected chi connectivity index (χ0v) is 10.2. The van der Waals surface area contributed by atoms with Crippen LogP contribution in [-0.4, -0.2) is 5.91 Å². The van der Waals surface area contributed by atoms with E-state index in [0.29, 0.717) is 5.56 Å². The maximum Gasteiger partial charge on any atom is 0.255 e. The van der Waals surface area contributed by atoms with E-state index < -0.39 is 17.5 Å². The fraction of sp³-hybridized carbons (Fsp3) is 0.0714. The molecule has 0 aliphatic heterocycles. The lowest BCUT2D eigenvalue weighted by molar-refractivity contribution is 0.102. The summed E-state index contributed by atoms with van der Waals surface area (Å²) >= 11 is 0. The normalized spacial score (nSPS) is 10.3. The van der Waals surface area contributed by atoms with Crippen molar-refractivity contribution in [1.29, 1.82) is 0 Å². The Bertz CT molecular complexity index is 621. The van der Waals surface area contributed by atoms with Crippen molar-refractivity contribution in [2.45, 2.75) is 6.92 Å². The van der Waals surface area contributed by atoms with Crippen LogP contribution in [0.5, 0.6) is 0 Å². The number of carbonyl (C=O) groups is 1. The molecule has 0 bridgehead atoms. The standard InChI is InChI=1S/C14H12F2N2O/c1-8-4-9(6-10(15)5-8)14(19)18-13-3-2-11(17)7-12(13)16/h2-7H,17H2,1H3,(H,18,19). The third-order valence-corrected chi connectivity index (χ3v) is 2.55. The first-order valence-corrected chi connectivity index (χ1v) is 5.59. The Morgan fingerprint density at radius 2 is 1.89 bits per heavy atom. The molecule has 0 saturated heterocycles. The molecule has 3 N–H and O–H groups in total. The van der Waals surface area contributed by atoms with E-state index in [9.17, 15) is 13.6 Å². The maximum absolute atomic E-state index is 13.5. The van der Waals surface area contributed by atoms with Gasteiger partial charge in [0.1, 0.15) is 11.6 Å². The maximum atomic E-state index is 13.5. The highest BCUT2D eigenvalue weighted by molar-refractivity contribution is 6.04. The van der Waals surface area contributed by atoms with E-state index in [0.717, 1.165) is 12.1 Å². The van der Waals surface area contributed by atoms with E-state index in [-0.39, 0.29) is 16.9 Å². The Kier molecular flexibility index (Phi) is 3.46. The molecule has 98 valence electrons. The van der Waals surface area contributed by atoms with Crippen LogP contribution in [0, 0.1) is 18.6 Å². The van der Waals surface area contributed by atoms with Gasteiger partial charge in [-0.25, -0.2) is 8.78 Å². The highest BCUT2D eigenvalue weighted by atomic mass is 19.1. The van der Waals surface area contributed by atoms with Gasteiger partial charge in [-0.05, 0) is 48.9 Å². The van der Waals surface area contributed by atoms with Gasteiger partial charge in [-0.2, -0.15) is 0 Å². The van der Waals surface area contributed by atoms with Crippen LogP contribution >= 0.6 is 0 Å². The number of hydrogen-bond donors (Lipinski definition) is 2. The molecule has 2 aromatic rings. The molecule has 2 rings (SSSR count). The smallest absolute Gasteiger partial charge is 0.255 e. The summed E-state index contributed by atoms with van der Waals surface area (Å²) in [7, 11) is 0. The molecule has 0 saturated carbocycles. The average molecular weight is 262 g/mol. The summed E-state index contributed by atoms with van der Waals surface area (Å²) in [6.07, 6.45) is 0. The number of nitrogen functional groups attached to an aromatic ring is 1. The molecule has 0 unspecified atom stereocenters. The second-order valence-corrected chi connectivity index (χ2v) is 4.21. The average Bonchev–Trinajstić information content (AvgIpc) is 2.31. The number of benzene rings is 2. The van der Waals surface area contributed by atoms with Crippen LogP contribution in [-0.2, 0) is 0 Å². The van der Waals surface area contributed by atoms with Crippen LogP contribution in [0.2, 0.25) is 0 Å². The van der Waals surface area contributed by atoms with E-state index in [1.807, 2.05) is 0 Å². The van der Waals surface area contributed by atoms with E-state index >= 15 is 0 Å². The number of hydrogen-bond acceptors (Lipinski definition) is 2. The zero-order valence-electron chi connectivity index (χ0n) is 10.2. The highest BCUT2D eigenvalue weighted by Crippen LogP contribution is 2.18. The van der Waals surface area contributed by atoms with Crippen molar-refractivity contribution >= 4 is 17.3 Å². The summed E-state index contributed by atoms with van der Waals surface area (Å²) < 4.78 is 26.7. The van der Waals surface area contributed by atoms with Crippen molar-refractivity contribution < 1.29 is 13.6 Å². The van der Waals surface area contributed by atoms with Crippen molar-refractivity contribution in [2.24, 2.45) is 0 Å². The summed E-state index contributed by atoms with van der Waals surface area (Å²) in [6.45, 7) is 1.67. The molecule has 0 aromatic heterocycles. The number of amides is 1. The quantitative estimate of drug-likeness (QED) is 0.817. The van der Waals surface area contributed by atoms with E-state index in [4.69, 9.17) is 5.73 Å². The molecule has 0 aliphatic rings. The molecule has 0 atom stereocenters. The van der Waals surface area contributed by atoms with Crippen LogP contribution in [0.1, 0.15) is 15.9 Å². The monoisotopic (exact) mass is 262 g/mol. The predicted octanol–water partition coefficient (Wildman–Crippen LogP) is 3.11. The largest absolute Gasteiger partial charge is 0.399 e. The van der Waals surface area contributed by atoms with Crippen LogP contribution in [0.3, 0.4) is 0 Å². The van der Waals surface area contributed by atoms with Crippen molar-refractivity contribution in [3.05, 3.63) is 59.2 Å². The van der Waals surface area contributed by atoms with Gasteiger partial charge < -0.3 is 11.1 Å². The van der Waals surface area contributed by atoms with Gasteiger partial charge in [0.05, 0.1) is 5.69 Å². The molecule has 19 heavy (non-hydrogen) atoms. The van der Waals surface area contributed by atoms with Gasteiger partial charge in [0.15, 0.2) is 0 Å². The van der Waals surface area contributed by atoms with Crippen molar-refractivity contribution in [1.82, 2.24) is 0 Å². The van der Waals surface area contributed by atoms with E-state index in [1.54, 1.807) is 6.92 Å². The minimum absolute atomic E-state index is 0.00103. The number of nitrogens with two attached hydrogens (primary N) is 1. The Morgan fingerprint density at radius 3 is 2.53 bits per heavy atom. The van der Waals surface area contributed by atoms with Gasteiger partial charge in [0.25, 0.3) is 5.91 Å². The number of anilines is 2. The molecule has 2 aromatic carbocycles. The van der Waals surface area contributed by atoms with Crippen molar-refractivity contribution in [2.75, 3.05) is 11.1 Å². The Labute approximate surface area is 109 Å². The summed E-state index contributed by atoms with van der Waals surface area (Å²) in [4.78, 5) is 11.9. The number of carbonyl (C=O) groups excluding carboxylic acids is 1. The second-order valence-electron chi connectivity index (χ2n) is 4.21. The minimum atomic E-state index is -0.638. The molecule has 1 amide bonds. The van der Waals surface area contributed by atoms with Crippen molar-refractivity contribution in [3.63, 3.8) is 0 Å². The molecule has 0 heterocycles. The fourth-order valence-electron chi connectivity index (χ4n) is 1.69. The molecule has 0 radical (unpaired) electrons. The van der Waals surface area contributed by atoms with Crippen LogP contribution in [0.4, 0.5) is 20.2 Å². The van der Waals surface area contributed by atoms with Gasteiger partial charge in [0, 0.05) is 11.3 Å². The lowest BCUT2D eigenvalue weighted by Gasteiger charge is -2.07. The molecule has 0 spiro atoms. The summed E-state index contributed by atoms with van der Waals surface area (Å²) in [5, 5.41) is 2.37. The molecule has 0 fully saturated rings. The van der Waals surface area contributed by atoms with Gasteiger partial charge in [-0.1, -0.05) is 0 Å². The zero-order chi connectivity index (χ0) is 14.0. The molecular weight excluding hydrogens is 250 g/mol. The first-order chi connectivity index (χ1) is 8.95. The highest BCUT2D eigenvalue weighted by Gasteiger charge is 2.11. The first kappa shape index (κ1) is 13.0. The fourth-order valence-corrected chi connectivity index (χ4v) is 1.69. The summed E-state index contributed by atoms with van der Waals surface area (Å²) in [6, 6.07) is 7.85. The second kappa shape index (κ2) is 5.06. The van der Waals surface area contributed by atoms with Gasteiger partial charge in [-0.3, -0.25) is 4.79 Å². The lowest BCUT2D eigenvalue weighted by atomic mass is 10.1. The van der Waals surface area contributed by atoms with Crippen molar-refractivity contribution in [3.8, 4) is 0 Å². The summed E-state index contributed by atoms with van der Waals surface area (Å²) in [5.74, 6) is -1.73. The molecular formula is C14H12F2N2O. The third-order valence-electron chi connectivity index (χ3n) is 2.55. The predicted molar refractivity (Wildman–Crippen MR) is 69.9 cm³/mol. The molecule has 0 aliphatic carbocycles. The first-order valence-electron chi connectivity index (χ1n) is 5.59. The van der Waals surface area contributed by atoms with Gasteiger partial charge in [0.2, 0.25) is 0 Å². The molecule has 5 heteroatoms. The Morgan fingerprint density at radius 1 is 1.16 bits per heavy atom. The number of rotatable bonds is 2. The van der Waals surface area contributed by atoms with Crippen LogP contribution in [0.15, 0.2) is 36.4 Å². The number of aryl methyl sites for hydroxylation is 1. The van der Waals surface area contributed by atoms with E-state index in [2.05, 4.69) is 5.32 Å². The third kappa shape index (κ3) is 3.07. The van der Waals surface area contributed by atoms with Gasteiger partial charge >= 0.3 is 0 Å². The molecule has 3 nitrogen and oxygen atoms in total. The number of nitrogens with one attached hydrogen (secondary N) is 1. The van der Waals surface area contributed by atoms with Gasteiger partial charge in [-0.15, -0.1) is 0 Å². The Hall–Kier alpha value is -2.43. The summed E-state index contributed by atoms with van der Waals surface area (Å²) in [5.41, 5.74) is 6.42. The van der Waals surface area contributed by atoms with E-state index in [1.165, 1.54) is 24.3 Å². The lowest BCUT2D eigenvalue weighted by Crippen LogP contribution is -2.13. The minimum Gasteiger partial charge on any atom is -0.399 e. The van der Waals surface area contributed by atoms with Crippen LogP contribution in [0.25, 0.3) is 0 Å². The topological polar surface area (TPSA) is 55.1 Å². The number of halogens is 2. The Balaban J connectivity index is 2.25. The van der Waals surface area contributed by atoms with Crippen LogP contribution < -0.4 is 11.1 Å².